The van der Waals surface area contributed by atoms with Crippen molar-refractivity contribution in [2.75, 3.05) is 0 Å². The highest BCUT2D eigenvalue weighted by Gasteiger charge is 2.18. The molecule has 1 N–H and O–H groups in total. The van der Waals surface area contributed by atoms with Gasteiger partial charge in [0.1, 0.15) is 11.9 Å². The number of benzene rings is 2. The van der Waals surface area contributed by atoms with Crippen LogP contribution in [0, 0.1) is 0 Å². The van der Waals surface area contributed by atoms with Crippen LogP contribution < -0.4 is 0 Å². The van der Waals surface area contributed by atoms with Crippen LogP contribution in [0.1, 0.15) is 37.3 Å². The van der Waals surface area contributed by atoms with Crippen LogP contribution >= 0.6 is 11.6 Å². The monoisotopic (exact) mass is 314 g/mol. The predicted molar refractivity (Wildman–Crippen MR) is 90.2 cm³/mol. The topological polar surface area (TPSA) is 38.1 Å². The van der Waals surface area contributed by atoms with E-state index in [0.29, 0.717) is 18.8 Å². The molecule has 1 aromatic heterocycles. The van der Waals surface area contributed by atoms with E-state index in [1.54, 1.807) is 0 Å². The fourth-order valence-corrected chi connectivity index (χ4v) is 2.91. The highest BCUT2D eigenvalue weighted by atomic mass is 35.5. The number of fused-ring (bicyclic) bond motifs is 1. The van der Waals surface area contributed by atoms with Crippen molar-refractivity contribution in [2.24, 2.45) is 0 Å². The summed E-state index contributed by atoms with van der Waals surface area (Å²) in [4.78, 5) is 4.63. The minimum absolute atomic E-state index is 0.556. The van der Waals surface area contributed by atoms with Crippen molar-refractivity contribution in [3.8, 4) is 0 Å². The average molecular weight is 315 g/mol. The Morgan fingerprint density at radius 2 is 1.86 bits per heavy atom. The summed E-state index contributed by atoms with van der Waals surface area (Å²) in [6.45, 7) is 2.67. The minimum Gasteiger partial charge on any atom is -0.385 e. The maximum atomic E-state index is 10.4. The minimum atomic E-state index is -0.556. The molecule has 3 nitrogen and oxygen atoms in total. The van der Waals surface area contributed by atoms with Crippen molar-refractivity contribution in [1.82, 2.24) is 9.55 Å². The third kappa shape index (κ3) is 2.87. The van der Waals surface area contributed by atoms with E-state index in [0.717, 1.165) is 28.0 Å². The van der Waals surface area contributed by atoms with Gasteiger partial charge < -0.3 is 9.67 Å². The fraction of sp³-hybridized carbons (Fsp3) is 0.278. The lowest BCUT2D eigenvalue weighted by atomic mass is 10.2. The molecule has 0 aliphatic carbocycles. The smallest absolute Gasteiger partial charge is 0.139 e. The molecule has 114 valence electrons. The molecular weight excluding hydrogens is 296 g/mol. The van der Waals surface area contributed by atoms with Crippen LogP contribution in [0.25, 0.3) is 11.0 Å². The molecule has 0 bridgehead atoms. The summed E-state index contributed by atoms with van der Waals surface area (Å²) >= 11 is 6.29. The van der Waals surface area contributed by atoms with Gasteiger partial charge in [-0.25, -0.2) is 4.98 Å². The number of nitrogens with zero attached hydrogens (tertiary/aromatic N) is 2. The zero-order valence-electron chi connectivity index (χ0n) is 12.5. The lowest BCUT2D eigenvalue weighted by Gasteiger charge is -2.14. The molecule has 1 heterocycles. The summed E-state index contributed by atoms with van der Waals surface area (Å²) in [5.74, 6) is 0.711. The van der Waals surface area contributed by atoms with Gasteiger partial charge in [-0.15, -0.1) is 0 Å². The maximum absolute atomic E-state index is 10.4. The van der Waals surface area contributed by atoms with E-state index in [9.17, 15) is 5.11 Å². The Balaban J connectivity index is 2.09. The van der Waals surface area contributed by atoms with Crippen LogP contribution in [0.2, 0.25) is 5.02 Å². The molecule has 0 unspecified atom stereocenters. The summed E-state index contributed by atoms with van der Waals surface area (Å²) < 4.78 is 2.07. The molecule has 3 rings (SSSR count). The lowest BCUT2D eigenvalue weighted by Crippen LogP contribution is -2.10. The number of rotatable bonds is 5. The Kier molecular flexibility index (Phi) is 4.46. The Hall–Kier alpha value is -1.84. The van der Waals surface area contributed by atoms with Crippen molar-refractivity contribution < 1.29 is 5.11 Å². The number of aromatic nitrogens is 2. The summed E-state index contributed by atoms with van der Waals surface area (Å²) in [5.41, 5.74) is 2.95. The number of para-hydroxylation sites is 2. The van der Waals surface area contributed by atoms with Crippen molar-refractivity contribution in [1.29, 1.82) is 0 Å². The molecule has 0 saturated heterocycles. The van der Waals surface area contributed by atoms with Gasteiger partial charge >= 0.3 is 0 Å². The quantitative estimate of drug-likeness (QED) is 0.749. The third-order valence-corrected chi connectivity index (χ3v) is 4.20. The lowest BCUT2D eigenvalue weighted by molar-refractivity contribution is 0.153. The molecule has 4 heteroatoms. The first-order chi connectivity index (χ1) is 10.7. The van der Waals surface area contributed by atoms with Gasteiger partial charge in [-0.1, -0.05) is 55.3 Å². The van der Waals surface area contributed by atoms with Gasteiger partial charge in [0.2, 0.25) is 0 Å². The molecule has 0 fully saturated rings. The average Bonchev–Trinajstić information content (AvgIpc) is 2.89. The van der Waals surface area contributed by atoms with Crippen LogP contribution in [0.4, 0.5) is 0 Å². The Labute approximate surface area is 135 Å². The molecular formula is C18H19ClN2O. The highest BCUT2D eigenvalue weighted by Crippen LogP contribution is 2.26. The largest absolute Gasteiger partial charge is 0.385 e. The zero-order valence-corrected chi connectivity index (χ0v) is 13.3. The van der Waals surface area contributed by atoms with Gasteiger partial charge in [-0.2, -0.15) is 0 Å². The molecule has 1 atom stereocenters. The summed E-state index contributed by atoms with van der Waals surface area (Å²) in [6, 6.07) is 15.7. The van der Waals surface area contributed by atoms with Gasteiger partial charge in [-0.3, -0.25) is 0 Å². The van der Waals surface area contributed by atoms with E-state index in [4.69, 9.17) is 11.6 Å². The Bertz CT molecular complexity index is 782. The van der Waals surface area contributed by atoms with Crippen molar-refractivity contribution in [2.45, 2.75) is 32.4 Å². The van der Waals surface area contributed by atoms with Gasteiger partial charge in [-0.05, 0) is 30.2 Å². The van der Waals surface area contributed by atoms with E-state index in [1.807, 2.05) is 48.5 Å². The second kappa shape index (κ2) is 6.51. The predicted octanol–water partition coefficient (Wildman–Crippen LogP) is 4.57. The number of aliphatic hydroxyl groups excluding tert-OH is 1. The molecule has 0 radical (unpaired) electrons. The van der Waals surface area contributed by atoms with Gasteiger partial charge in [0.05, 0.1) is 17.6 Å². The summed E-state index contributed by atoms with van der Waals surface area (Å²) in [7, 11) is 0. The van der Waals surface area contributed by atoms with Crippen molar-refractivity contribution >= 4 is 22.6 Å². The first-order valence-corrected chi connectivity index (χ1v) is 7.95. The standard InChI is InChI=1S/C18H19ClN2O/c1-2-7-17(22)18-20-15-10-5-6-11-16(15)21(18)12-13-8-3-4-9-14(13)19/h3-6,8-11,17,22H,2,7,12H2,1H3/t17-/m1/s1. The summed E-state index contributed by atoms with van der Waals surface area (Å²) in [5, 5.41) is 11.2. The molecule has 22 heavy (non-hydrogen) atoms. The third-order valence-electron chi connectivity index (χ3n) is 3.83. The van der Waals surface area contributed by atoms with E-state index in [1.165, 1.54) is 0 Å². The van der Waals surface area contributed by atoms with E-state index in [2.05, 4.69) is 16.5 Å². The number of halogens is 1. The first-order valence-electron chi connectivity index (χ1n) is 7.57. The van der Waals surface area contributed by atoms with Crippen molar-refractivity contribution in [3.05, 3.63) is 64.9 Å². The SMILES string of the molecule is CCC[C@@H](O)c1nc2ccccc2n1Cc1ccccc1Cl. The van der Waals surface area contributed by atoms with Crippen LogP contribution in [0.5, 0.6) is 0 Å². The van der Waals surface area contributed by atoms with Crippen molar-refractivity contribution in [3.63, 3.8) is 0 Å². The van der Waals surface area contributed by atoms with E-state index < -0.39 is 6.10 Å². The highest BCUT2D eigenvalue weighted by molar-refractivity contribution is 6.31. The van der Waals surface area contributed by atoms with Gasteiger partial charge in [0, 0.05) is 5.02 Å². The first kappa shape index (κ1) is 15.1. The summed E-state index contributed by atoms with van der Waals surface area (Å²) in [6.07, 6.45) is 1.06. The van der Waals surface area contributed by atoms with Crippen LogP contribution in [0.15, 0.2) is 48.5 Å². The molecule has 3 aromatic rings. The van der Waals surface area contributed by atoms with Crippen LogP contribution in [-0.2, 0) is 6.54 Å². The van der Waals surface area contributed by atoms with E-state index >= 15 is 0 Å². The molecule has 0 saturated carbocycles. The van der Waals surface area contributed by atoms with Crippen LogP contribution in [0.3, 0.4) is 0 Å². The fourth-order valence-electron chi connectivity index (χ4n) is 2.71. The molecule has 0 spiro atoms. The van der Waals surface area contributed by atoms with E-state index in [-0.39, 0.29) is 0 Å². The molecule has 2 aromatic carbocycles. The molecule has 0 amide bonds. The maximum Gasteiger partial charge on any atom is 0.139 e. The number of aliphatic hydroxyl groups is 1. The Morgan fingerprint density at radius 3 is 2.64 bits per heavy atom. The second-order valence-corrected chi connectivity index (χ2v) is 5.85. The number of imidazole rings is 1. The second-order valence-electron chi connectivity index (χ2n) is 5.44. The van der Waals surface area contributed by atoms with Crippen LogP contribution in [-0.4, -0.2) is 14.7 Å². The zero-order chi connectivity index (χ0) is 15.5. The normalized spacial score (nSPS) is 12.7. The Morgan fingerprint density at radius 1 is 1.14 bits per heavy atom. The molecule has 0 aliphatic heterocycles. The van der Waals surface area contributed by atoms with Gasteiger partial charge in [0.25, 0.3) is 0 Å². The number of hydrogen-bond acceptors (Lipinski definition) is 2. The molecule has 0 aliphatic rings. The van der Waals surface area contributed by atoms with Gasteiger partial charge in [0.15, 0.2) is 0 Å². The number of hydrogen-bond donors (Lipinski definition) is 1.